The first-order valence-electron chi connectivity index (χ1n) is 12.5. The topological polar surface area (TPSA) is 71.9 Å². The van der Waals surface area contributed by atoms with Crippen molar-refractivity contribution >= 4 is 60.1 Å². The Labute approximate surface area is 234 Å². The molecule has 6 rings (SSSR count). The summed E-state index contributed by atoms with van der Waals surface area (Å²) in [5.74, 6) is -0.511. The molecule has 0 bridgehead atoms. The summed E-state index contributed by atoms with van der Waals surface area (Å²) in [5.41, 5.74) is 3.81. The lowest BCUT2D eigenvalue weighted by Crippen LogP contribution is -2.40. The largest absolute Gasteiger partial charge is 0.379 e. The number of morpholine rings is 1. The monoisotopic (exact) mass is 609 g/mol. The SMILES string of the molecule is CN1C(=O)/C(=C\c2cn(Cc3ccccc3F)c3ccc(Br)cc23)c2cc(S(=O)(=O)N3CCOCC3)ccc21. The third-order valence-electron chi connectivity index (χ3n) is 7.23. The van der Waals surface area contributed by atoms with Crippen LogP contribution < -0.4 is 4.90 Å². The fourth-order valence-electron chi connectivity index (χ4n) is 5.17. The molecule has 2 aliphatic rings. The Balaban J connectivity index is 1.46. The van der Waals surface area contributed by atoms with E-state index in [2.05, 4.69) is 15.9 Å². The Morgan fingerprint density at radius 2 is 1.82 bits per heavy atom. The van der Waals surface area contributed by atoms with E-state index in [4.69, 9.17) is 4.74 Å². The second kappa shape index (κ2) is 10.0. The Morgan fingerprint density at radius 1 is 1.05 bits per heavy atom. The van der Waals surface area contributed by atoms with E-state index in [0.29, 0.717) is 42.1 Å². The van der Waals surface area contributed by atoms with Crippen molar-refractivity contribution < 1.29 is 22.3 Å². The molecule has 39 heavy (non-hydrogen) atoms. The fourth-order valence-corrected chi connectivity index (χ4v) is 6.97. The van der Waals surface area contributed by atoms with Gasteiger partial charge in [-0.15, -0.1) is 0 Å². The number of halogens is 2. The predicted molar refractivity (Wildman–Crippen MR) is 152 cm³/mol. The van der Waals surface area contributed by atoms with Crippen LogP contribution in [-0.4, -0.2) is 56.5 Å². The quantitative estimate of drug-likeness (QED) is 0.294. The van der Waals surface area contributed by atoms with Crippen molar-refractivity contribution in [3.05, 3.63) is 93.8 Å². The van der Waals surface area contributed by atoms with Crippen LogP contribution in [0.4, 0.5) is 10.1 Å². The molecule has 0 aliphatic carbocycles. The molecule has 1 fully saturated rings. The zero-order chi connectivity index (χ0) is 27.3. The van der Waals surface area contributed by atoms with Gasteiger partial charge in [-0.05, 0) is 48.5 Å². The second-order valence-electron chi connectivity index (χ2n) is 9.58. The molecule has 0 spiro atoms. The lowest BCUT2D eigenvalue weighted by atomic mass is 10.0. The van der Waals surface area contributed by atoms with Crippen molar-refractivity contribution in [2.75, 3.05) is 38.3 Å². The first kappa shape index (κ1) is 25.9. The molecular formula is C29H25BrFN3O4S. The highest BCUT2D eigenvalue weighted by atomic mass is 79.9. The Hall–Kier alpha value is -3.31. The number of aromatic nitrogens is 1. The van der Waals surface area contributed by atoms with Crippen molar-refractivity contribution in [2.45, 2.75) is 11.4 Å². The Morgan fingerprint density at radius 3 is 2.59 bits per heavy atom. The molecule has 0 atom stereocenters. The number of anilines is 1. The van der Waals surface area contributed by atoms with Crippen molar-refractivity contribution in [3.8, 4) is 0 Å². The first-order valence-corrected chi connectivity index (χ1v) is 14.7. The minimum Gasteiger partial charge on any atom is -0.379 e. The van der Waals surface area contributed by atoms with Crippen molar-refractivity contribution in [2.24, 2.45) is 0 Å². The van der Waals surface area contributed by atoms with E-state index in [1.165, 1.54) is 15.3 Å². The molecule has 3 aromatic carbocycles. The Bertz CT molecular complexity index is 1760. The molecule has 4 aromatic rings. The number of hydrogen-bond acceptors (Lipinski definition) is 4. The molecule has 10 heteroatoms. The highest BCUT2D eigenvalue weighted by Gasteiger charge is 2.33. The van der Waals surface area contributed by atoms with Crippen LogP contribution in [0.25, 0.3) is 22.6 Å². The second-order valence-corrected chi connectivity index (χ2v) is 12.4. The summed E-state index contributed by atoms with van der Waals surface area (Å²) in [6, 6.07) is 17.3. The summed E-state index contributed by atoms with van der Waals surface area (Å²) in [4.78, 5) is 15.1. The first-order chi connectivity index (χ1) is 18.7. The van der Waals surface area contributed by atoms with Crippen molar-refractivity contribution in [1.82, 2.24) is 8.87 Å². The number of ether oxygens (including phenoxy) is 1. The number of amides is 1. The molecule has 1 saturated heterocycles. The number of carbonyl (C=O) groups is 1. The van der Waals surface area contributed by atoms with Gasteiger partial charge >= 0.3 is 0 Å². The van der Waals surface area contributed by atoms with Crippen LogP contribution >= 0.6 is 15.9 Å². The highest BCUT2D eigenvalue weighted by molar-refractivity contribution is 9.10. The number of rotatable bonds is 5. The van der Waals surface area contributed by atoms with E-state index in [1.54, 1.807) is 49.5 Å². The molecule has 0 radical (unpaired) electrons. The number of hydrogen-bond donors (Lipinski definition) is 0. The van der Waals surface area contributed by atoms with Crippen LogP contribution in [0.15, 0.2) is 76.2 Å². The zero-order valence-corrected chi connectivity index (χ0v) is 23.5. The van der Waals surface area contributed by atoms with Gasteiger partial charge in [0.15, 0.2) is 0 Å². The van der Waals surface area contributed by atoms with E-state index in [0.717, 1.165) is 20.9 Å². The van der Waals surface area contributed by atoms with Gasteiger partial charge in [0.25, 0.3) is 5.91 Å². The number of carbonyl (C=O) groups excluding carboxylic acids is 1. The van der Waals surface area contributed by atoms with Gasteiger partial charge in [0.05, 0.1) is 30.3 Å². The van der Waals surface area contributed by atoms with E-state index in [-0.39, 0.29) is 29.7 Å². The molecule has 1 amide bonds. The summed E-state index contributed by atoms with van der Waals surface area (Å²) in [7, 11) is -2.06. The molecule has 0 N–H and O–H groups in total. The zero-order valence-electron chi connectivity index (χ0n) is 21.1. The number of fused-ring (bicyclic) bond motifs is 2. The maximum Gasteiger partial charge on any atom is 0.258 e. The predicted octanol–water partition coefficient (Wildman–Crippen LogP) is 5.13. The van der Waals surface area contributed by atoms with Gasteiger partial charge in [-0.1, -0.05) is 34.1 Å². The summed E-state index contributed by atoms with van der Waals surface area (Å²) in [6.07, 6.45) is 3.69. The summed E-state index contributed by atoms with van der Waals surface area (Å²) in [5, 5.41) is 0.884. The van der Waals surface area contributed by atoms with Gasteiger partial charge < -0.3 is 14.2 Å². The van der Waals surface area contributed by atoms with Crippen LogP contribution in [0.2, 0.25) is 0 Å². The fraction of sp³-hybridized carbons (Fsp3) is 0.207. The maximum absolute atomic E-state index is 14.5. The van der Waals surface area contributed by atoms with Gasteiger partial charge in [-0.25, -0.2) is 12.8 Å². The third-order valence-corrected chi connectivity index (χ3v) is 9.62. The molecule has 0 saturated carbocycles. The summed E-state index contributed by atoms with van der Waals surface area (Å²) < 4.78 is 50.7. The molecule has 1 aromatic heterocycles. The summed E-state index contributed by atoms with van der Waals surface area (Å²) in [6.45, 7) is 1.60. The average Bonchev–Trinajstić information content (AvgIpc) is 3.39. The minimum absolute atomic E-state index is 0.141. The van der Waals surface area contributed by atoms with E-state index < -0.39 is 10.0 Å². The van der Waals surface area contributed by atoms with E-state index >= 15 is 0 Å². The van der Waals surface area contributed by atoms with Crippen LogP contribution in [0, 0.1) is 5.82 Å². The van der Waals surface area contributed by atoms with Gasteiger partial charge in [0, 0.05) is 64.0 Å². The Kier molecular flexibility index (Phi) is 6.66. The normalized spacial score (nSPS) is 17.4. The van der Waals surface area contributed by atoms with Crippen LogP contribution in [-0.2, 0) is 26.1 Å². The summed E-state index contributed by atoms with van der Waals surface area (Å²) >= 11 is 3.54. The minimum atomic E-state index is -3.74. The molecule has 2 aliphatic heterocycles. The number of likely N-dealkylation sites (N-methyl/N-ethyl adjacent to an activating group) is 1. The van der Waals surface area contributed by atoms with Gasteiger partial charge in [-0.2, -0.15) is 4.31 Å². The van der Waals surface area contributed by atoms with Gasteiger partial charge in [0.1, 0.15) is 5.82 Å². The maximum atomic E-state index is 14.5. The van der Waals surface area contributed by atoms with Crippen molar-refractivity contribution in [3.63, 3.8) is 0 Å². The van der Waals surface area contributed by atoms with Gasteiger partial charge in [-0.3, -0.25) is 4.79 Å². The molecule has 7 nitrogen and oxygen atoms in total. The third kappa shape index (κ3) is 4.61. The highest BCUT2D eigenvalue weighted by Crippen LogP contribution is 2.40. The standard InChI is InChI=1S/C29H25BrFN3O4S/c1-32-27-9-7-22(39(36,37)34-10-12-38-13-11-34)16-24(27)25(29(32)35)14-20-18-33(17-19-4-2-3-5-26(19)31)28-8-6-21(30)15-23(20)28/h2-9,14-16,18H,10-13,17H2,1H3/b25-14-. The smallest absolute Gasteiger partial charge is 0.258 e. The molecule has 0 unspecified atom stereocenters. The van der Waals surface area contributed by atoms with Crippen molar-refractivity contribution in [1.29, 1.82) is 0 Å². The van der Waals surface area contributed by atoms with Crippen LogP contribution in [0.1, 0.15) is 16.7 Å². The molecule has 200 valence electrons. The van der Waals surface area contributed by atoms with Crippen LogP contribution in [0.5, 0.6) is 0 Å². The lowest BCUT2D eigenvalue weighted by Gasteiger charge is -2.26. The average molecular weight is 611 g/mol. The molecule has 3 heterocycles. The van der Waals surface area contributed by atoms with Crippen LogP contribution in [0.3, 0.4) is 0 Å². The lowest BCUT2D eigenvalue weighted by molar-refractivity contribution is -0.112. The van der Waals surface area contributed by atoms with E-state index in [9.17, 15) is 17.6 Å². The van der Waals surface area contributed by atoms with E-state index in [1.807, 2.05) is 29.0 Å². The number of sulfonamides is 1. The number of benzene rings is 3. The number of nitrogens with zero attached hydrogens (tertiary/aromatic N) is 3. The molecular weight excluding hydrogens is 585 g/mol. The van der Waals surface area contributed by atoms with Gasteiger partial charge in [0.2, 0.25) is 10.0 Å².